The molecule has 7 heteroatoms. The second-order valence-corrected chi connectivity index (χ2v) is 7.40. The summed E-state index contributed by atoms with van der Waals surface area (Å²) in [7, 11) is 0. The first-order valence-corrected chi connectivity index (χ1v) is 9.81. The number of carbonyl (C=O) groups excluding carboxylic acids is 1. The second kappa shape index (κ2) is 6.61. The number of carbonyl (C=O) groups is 1. The van der Waals surface area contributed by atoms with E-state index in [1.807, 2.05) is 60.0 Å². The number of fused-ring (bicyclic) bond motifs is 1. The topological polar surface area (TPSA) is 78.1 Å². The van der Waals surface area contributed by atoms with Crippen molar-refractivity contribution in [2.45, 2.75) is 0 Å². The number of anilines is 1. The molecule has 5 rings (SSSR count). The summed E-state index contributed by atoms with van der Waals surface area (Å²) in [4.78, 5) is 34.8. The molecule has 0 spiro atoms. The van der Waals surface area contributed by atoms with Crippen LogP contribution < -0.4 is 15.8 Å². The monoisotopic (exact) mass is 388 g/mol. The number of H-pyrrole nitrogens is 1. The van der Waals surface area contributed by atoms with Gasteiger partial charge in [-0.1, -0.05) is 42.5 Å². The maximum atomic E-state index is 12.9. The molecule has 2 aromatic carbocycles. The molecule has 1 saturated heterocycles. The quantitative estimate of drug-likeness (QED) is 0.560. The largest absolute Gasteiger partial charge is 0.336 e. The Labute approximate surface area is 164 Å². The highest BCUT2D eigenvalue weighted by Crippen LogP contribution is 2.32. The lowest BCUT2D eigenvalue weighted by atomic mass is 10.1. The van der Waals surface area contributed by atoms with Crippen molar-refractivity contribution in [2.24, 2.45) is 0 Å². The molecule has 0 radical (unpaired) electrons. The van der Waals surface area contributed by atoms with Crippen molar-refractivity contribution in [2.75, 3.05) is 18.0 Å². The number of amides is 2. The summed E-state index contributed by atoms with van der Waals surface area (Å²) in [5.41, 5.74) is 3.28. The zero-order valence-electron chi connectivity index (χ0n) is 14.8. The third kappa shape index (κ3) is 2.76. The fourth-order valence-electron chi connectivity index (χ4n) is 3.45. The highest BCUT2D eigenvalue weighted by molar-refractivity contribution is 7.17. The van der Waals surface area contributed by atoms with Gasteiger partial charge in [-0.2, -0.15) is 0 Å². The van der Waals surface area contributed by atoms with Crippen molar-refractivity contribution in [3.05, 3.63) is 70.3 Å². The normalized spacial score (nSPS) is 13.9. The molecule has 138 valence electrons. The first-order chi connectivity index (χ1) is 13.7. The van der Waals surface area contributed by atoms with Crippen molar-refractivity contribution in [3.8, 4) is 22.5 Å². The summed E-state index contributed by atoms with van der Waals surface area (Å²) in [5.74, 6) is 0.500. The number of rotatable bonds is 3. The van der Waals surface area contributed by atoms with Gasteiger partial charge in [0, 0.05) is 35.3 Å². The van der Waals surface area contributed by atoms with Crippen LogP contribution in [0.4, 0.5) is 10.5 Å². The number of thiophene rings is 1. The van der Waals surface area contributed by atoms with Gasteiger partial charge in [-0.05, 0) is 17.7 Å². The maximum absolute atomic E-state index is 12.9. The standard InChI is InChI=1S/C21H16N4O2S/c26-19-17-16(13-5-2-1-3-6-13)12-28-20(17)24-18(23-19)14-7-4-8-15(11-14)25-10-9-22-21(25)27/h1-8,11-12H,9-10H2,(H,22,27)(H,23,24,26). The van der Waals surface area contributed by atoms with Crippen LogP contribution in [0.2, 0.25) is 0 Å². The van der Waals surface area contributed by atoms with E-state index in [0.29, 0.717) is 29.1 Å². The number of aromatic nitrogens is 2. The Hall–Kier alpha value is -3.45. The van der Waals surface area contributed by atoms with Gasteiger partial charge < -0.3 is 10.3 Å². The molecule has 1 fully saturated rings. The molecule has 0 bridgehead atoms. The van der Waals surface area contributed by atoms with Crippen LogP contribution in [-0.2, 0) is 0 Å². The second-order valence-electron chi connectivity index (χ2n) is 6.54. The molecule has 1 aliphatic rings. The summed E-state index contributed by atoms with van der Waals surface area (Å²) >= 11 is 1.46. The van der Waals surface area contributed by atoms with Crippen LogP contribution >= 0.6 is 11.3 Å². The molecule has 6 nitrogen and oxygen atoms in total. The van der Waals surface area contributed by atoms with E-state index in [-0.39, 0.29) is 11.6 Å². The Morgan fingerprint density at radius 3 is 2.61 bits per heavy atom. The number of nitrogens with zero attached hydrogens (tertiary/aromatic N) is 2. The lowest BCUT2D eigenvalue weighted by Gasteiger charge is -2.15. The van der Waals surface area contributed by atoms with Gasteiger partial charge in [0.1, 0.15) is 10.7 Å². The van der Waals surface area contributed by atoms with Crippen LogP contribution in [0.5, 0.6) is 0 Å². The number of urea groups is 1. The minimum atomic E-state index is -0.163. The van der Waals surface area contributed by atoms with Gasteiger partial charge in [0.2, 0.25) is 0 Å². The number of hydrogen-bond donors (Lipinski definition) is 2. The Morgan fingerprint density at radius 2 is 1.82 bits per heavy atom. The van der Waals surface area contributed by atoms with E-state index in [9.17, 15) is 9.59 Å². The van der Waals surface area contributed by atoms with Gasteiger partial charge in [-0.25, -0.2) is 9.78 Å². The van der Waals surface area contributed by atoms with Gasteiger partial charge in [0.05, 0.1) is 5.39 Å². The molecular weight excluding hydrogens is 372 g/mol. The van der Waals surface area contributed by atoms with Crippen LogP contribution in [0.15, 0.2) is 64.8 Å². The molecule has 28 heavy (non-hydrogen) atoms. The van der Waals surface area contributed by atoms with Crippen molar-refractivity contribution >= 4 is 33.3 Å². The maximum Gasteiger partial charge on any atom is 0.321 e. The third-order valence-electron chi connectivity index (χ3n) is 4.82. The van der Waals surface area contributed by atoms with Gasteiger partial charge in [-0.15, -0.1) is 11.3 Å². The summed E-state index contributed by atoms with van der Waals surface area (Å²) in [6.07, 6.45) is 0. The lowest BCUT2D eigenvalue weighted by Crippen LogP contribution is -2.27. The van der Waals surface area contributed by atoms with Gasteiger partial charge in [-0.3, -0.25) is 9.69 Å². The summed E-state index contributed by atoms with van der Waals surface area (Å²) in [6, 6.07) is 17.2. The van der Waals surface area contributed by atoms with E-state index >= 15 is 0 Å². The molecule has 1 aliphatic heterocycles. The van der Waals surface area contributed by atoms with Crippen molar-refractivity contribution in [1.29, 1.82) is 0 Å². The number of nitrogens with one attached hydrogen (secondary N) is 2. The molecule has 2 N–H and O–H groups in total. The first kappa shape index (κ1) is 16.7. The van der Waals surface area contributed by atoms with Crippen molar-refractivity contribution in [1.82, 2.24) is 15.3 Å². The van der Waals surface area contributed by atoms with Gasteiger partial charge >= 0.3 is 6.03 Å². The van der Waals surface area contributed by atoms with E-state index in [0.717, 1.165) is 22.4 Å². The zero-order chi connectivity index (χ0) is 19.1. The van der Waals surface area contributed by atoms with E-state index in [1.54, 1.807) is 4.90 Å². The molecule has 0 saturated carbocycles. The third-order valence-corrected chi connectivity index (χ3v) is 5.69. The molecule has 2 amide bonds. The summed E-state index contributed by atoms with van der Waals surface area (Å²) < 4.78 is 0. The van der Waals surface area contributed by atoms with Gasteiger partial charge in [0.15, 0.2) is 0 Å². The van der Waals surface area contributed by atoms with Crippen LogP contribution in [-0.4, -0.2) is 29.1 Å². The number of benzene rings is 2. The predicted octanol–water partition coefficient (Wildman–Crippen LogP) is 3.85. The molecule has 0 aliphatic carbocycles. The fraction of sp³-hybridized carbons (Fsp3) is 0.0952. The minimum Gasteiger partial charge on any atom is -0.336 e. The number of hydrogen-bond acceptors (Lipinski definition) is 4. The van der Waals surface area contributed by atoms with E-state index < -0.39 is 0 Å². The van der Waals surface area contributed by atoms with E-state index in [1.165, 1.54) is 11.3 Å². The van der Waals surface area contributed by atoms with E-state index in [2.05, 4.69) is 15.3 Å². The Kier molecular flexibility index (Phi) is 3.95. The molecule has 4 aromatic rings. The lowest BCUT2D eigenvalue weighted by molar-refractivity contribution is 0.252. The Morgan fingerprint density at radius 1 is 1.00 bits per heavy atom. The minimum absolute atomic E-state index is 0.111. The van der Waals surface area contributed by atoms with Crippen LogP contribution in [0.1, 0.15) is 0 Å². The molecule has 0 unspecified atom stereocenters. The van der Waals surface area contributed by atoms with Crippen molar-refractivity contribution in [3.63, 3.8) is 0 Å². The van der Waals surface area contributed by atoms with Crippen molar-refractivity contribution < 1.29 is 4.79 Å². The smallest absolute Gasteiger partial charge is 0.321 e. The van der Waals surface area contributed by atoms with E-state index in [4.69, 9.17) is 0 Å². The Bertz CT molecular complexity index is 1250. The predicted molar refractivity (Wildman–Crippen MR) is 112 cm³/mol. The molecule has 0 atom stereocenters. The number of aromatic amines is 1. The average Bonchev–Trinajstić information content (AvgIpc) is 3.35. The van der Waals surface area contributed by atoms with Crippen LogP contribution in [0, 0.1) is 0 Å². The first-order valence-electron chi connectivity index (χ1n) is 8.93. The van der Waals surface area contributed by atoms with Crippen LogP contribution in [0.3, 0.4) is 0 Å². The zero-order valence-corrected chi connectivity index (χ0v) is 15.6. The fourth-order valence-corrected chi connectivity index (χ4v) is 4.40. The summed E-state index contributed by atoms with van der Waals surface area (Å²) in [6.45, 7) is 1.25. The summed E-state index contributed by atoms with van der Waals surface area (Å²) in [5, 5.41) is 5.37. The molecule has 3 heterocycles. The average molecular weight is 388 g/mol. The van der Waals surface area contributed by atoms with Gasteiger partial charge in [0.25, 0.3) is 5.56 Å². The molecule has 2 aromatic heterocycles. The Balaban J connectivity index is 1.60. The SMILES string of the molecule is O=C1NCCN1c1cccc(-c2nc3scc(-c4ccccc4)c3c(=O)[nH]2)c1. The molecular formula is C21H16N4O2S. The van der Waals surface area contributed by atoms with Crippen LogP contribution in [0.25, 0.3) is 32.7 Å². The highest BCUT2D eigenvalue weighted by atomic mass is 32.1. The highest BCUT2D eigenvalue weighted by Gasteiger charge is 2.21.